The first-order valence-electron chi connectivity index (χ1n) is 7.64. The van der Waals surface area contributed by atoms with Crippen LogP contribution in [0.1, 0.15) is 33.3 Å². The van der Waals surface area contributed by atoms with E-state index in [9.17, 15) is 9.90 Å². The first-order valence-corrected chi connectivity index (χ1v) is 7.64. The minimum absolute atomic E-state index is 0.0109. The number of hydrogen-bond donors (Lipinski definition) is 2. The fourth-order valence-corrected chi connectivity index (χ4v) is 2.01. The molecule has 2 heterocycles. The summed E-state index contributed by atoms with van der Waals surface area (Å²) in [7, 11) is 0. The summed E-state index contributed by atoms with van der Waals surface area (Å²) in [6.45, 7) is 7.21. The van der Waals surface area contributed by atoms with Crippen LogP contribution in [0.2, 0.25) is 0 Å². The van der Waals surface area contributed by atoms with Crippen LogP contribution in [0.5, 0.6) is 5.88 Å². The third kappa shape index (κ3) is 4.63. The maximum Gasteiger partial charge on any atom is 0.226 e. The molecule has 6 heteroatoms. The van der Waals surface area contributed by atoms with Crippen molar-refractivity contribution in [2.45, 2.75) is 39.7 Å². The van der Waals surface area contributed by atoms with Crippen LogP contribution in [-0.2, 0) is 11.2 Å². The van der Waals surface area contributed by atoms with E-state index in [2.05, 4.69) is 15.0 Å². The second-order valence-electron chi connectivity index (χ2n) is 6.48. The average Bonchev–Trinajstić information content (AvgIpc) is 2.88. The summed E-state index contributed by atoms with van der Waals surface area (Å²) >= 11 is 0. The molecule has 0 aliphatic rings. The predicted molar refractivity (Wildman–Crippen MR) is 88.4 cm³/mol. The van der Waals surface area contributed by atoms with E-state index < -0.39 is 5.60 Å². The van der Waals surface area contributed by atoms with E-state index in [1.807, 2.05) is 26.1 Å². The molecule has 0 spiro atoms. The van der Waals surface area contributed by atoms with Crippen LogP contribution in [0.3, 0.4) is 0 Å². The standard InChI is InChI=1S/C17H23N3O3/c1-11(2)13(21)7-5-6-12-8-18-15-14(12)16(20-10-19-15)23-9-17(3,4)22/h5,7-8,10-11,22H,6,9H2,1-4H3,(H,18,19,20). The number of H-pyrrole nitrogens is 1. The molecule has 0 aliphatic heterocycles. The molecular weight excluding hydrogens is 294 g/mol. The van der Waals surface area contributed by atoms with Crippen LogP contribution in [0, 0.1) is 5.92 Å². The first-order chi connectivity index (χ1) is 10.8. The van der Waals surface area contributed by atoms with Crippen LogP contribution < -0.4 is 4.74 Å². The van der Waals surface area contributed by atoms with Crippen LogP contribution in [0.25, 0.3) is 11.0 Å². The van der Waals surface area contributed by atoms with Gasteiger partial charge in [-0.05, 0) is 31.9 Å². The third-order valence-corrected chi connectivity index (χ3v) is 3.27. The van der Waals surface area contributed by atoms with Gasteiger partial charge in [0, 0.05) is 12.1 Å². The monoisotopic (exact) mass is 317 g/mol. The largest absolute Gasteiger partial charge is 0.474 e. The first kappa shape index (κ1) is 17.1. The second kappa shape index (κ2) is 6.91. The molecule has 2 aromatic rings. The van der Waals surface area contributed by atoms with Crippen molar-refractivity contribution in [3.63, 3.8) is 0 Å². The van der Waals surface area contributed by atoms with E-state index in [0.717, 1.165) is 10.9 Å². The lowest BCUT2D eigenvalue weighted by molar-refractivity contribution is -0.117. The number of ketones is 1. The van der Waals surface area contributed by atoms with Crippen molar-refractivity contribution in [3.8, 4) is 5.88 Å². The number of aromatic amines is 1. The van der Waals surface area contributed by atoms with Gasteiger partial charge in [0.2, 0.25) is 5.88 Å². The summed E-state index contributed by atoms with van der Waals surface area (Å²) in [4.78, 5) is 23.1. The quantitative estimate of drug-likeness (QED) is 0.766. The van der Waals surface area contributed by atoms with E-state index in [4.69, 9.17) is 4.74 Å². The van der Waals surface area contributed by atoms with Gasteiger partial charge in [0.15, 0.2) is 5.78 Å². The number of aromatic nitrogens is 3. The number of carbonyl (C=O) groups is 1. The summed E-state index contributed by atoms with van der Waals surface area (Å²) in [5, 5.41) is 10.6. The number of hydrogen-bond acceptors (Lipinski definition) is 5. The maximum atomic E-state index is 11.6. The maximum absolute atomic E-state index is 11.6. The zero-order valence-electron chi connectivity index (χ0n) is 14.0. The SMILES string of the molecule is CC(C)C(=O)C=CCc1c[nH]c2ncnc(OCC(C)(C)O)c12. The highest BCUT2D eigenvalue weighted by atomic mass is 16.5. The Hall–Kier alpha value is -2.21. The Morgan fingerprint density at radius 2 is 2.17 bits per heavy atom. The molecule has 2 rings (SSSR count). The number of carbonyl (C=O) groups excluding carboxylic acids is 1. The Bertz CT molecular complexity index is 711. The predicted octanol–water partition coefficient (Wildman–Crippen LogP) is 2.43. The Labute approximate surface area is 135 Å². The van der Waals surface area contributed by atoms with E-state index in [-0.39, 0.29) is 18.3 Å². The van der Waals surface area contributed by atoms with Crippen LogP contribution >= 0.6 is 0 Å². The van der Waals surface area contributed by atoms with Gasteiger partial charge in [0.05, 0.1) is 11.0 Å². The van der Waals surface area contributed by atoms with E-state index >= 15 is 0 Å². The molecule has 0 saturated heterocycles. The Balaban J connectivity index is 2.22. The lowest BCUT2D eigenvalue weighted by atomic mass is 10.1. The van der Waals surface area contributed by atoms with Crippen LogP contribution in [0.15, 0.2) is 24.7 Å². The van der Waals surface area contributed by atoms with Crippen molar-refractivity contribution < 1.29 is 14.6 Å². The molecule has 2 aromatic heterocycles. The van der Waals surface area contributed by atoms with Crippen molar-refractivity contribution >= 4 is 16.8 Å². The minimum atomic E-state index is -0.947. The molecular formula is C17H23N3O3. The number of fused-ring (bicyclic) bond motifs is 1. The van der Waals surface area contributed by atoms with Gasteiger partial charge in [-0.1, -0.05) is 19.9 Å². The number of ether oxygens (including phenoxy) is 1. The highest BCUT2D eigenvalue weighted by Crippen LogP contribution is 2.26. The molecule has 6 nitrogen and oxygen atoms in total. The van der Waals surface area contributed by atoms with E-state index in [1.165, 1.54) is 6.33 Å². The van der Waals surface area contributed by atoms with Gasteiger partial charge in [-0.15, -0.1) is 0 Å². The molecule has 0 aliphatic carbocycles. The van der Waals surface area contributed by atoms with Crippen molar-refractivity contribution in [1.82, 2.24) is 15.0 Å². The highest BCUT2D eigenvalue weighted by molar-refractivity contribution is 5.91. The van der Waals surface area contributed by atoms with Crippen molar-refractivity contribution in [2.24, 2.45) is 5.92 Å². The molecule has 0 aromatic carbocycles. The fraction of sp³-hybridized carbons (Fsp3) is 0.471. The molecule has 0 amide bonds. The number of rotatable bonds is 7. The van der Waals surface area contributed by atoms with Crippen molar-refractivity contribution in [1.29, 1.82) is 0 Å². The van der Waals surface area contributed by atoms with Crippen LogP contribution in [0.4, 0.5) is 0 Å². The Morgan fingerprint density at radius 1 is 1.43 bits per heavy atom. The summed E-state index contributed by atoms with van der Waals surface area (Å²) in [6.07, 6.45) is 7.26. The molecule has 0 radical (unpaired) electrons. The molecule has 0 bridgehead atoms. The molecule has 0 saturated carbocycles. The topological polar surface area (TPSA) is 88.1 Å². The summed E-state index contributed by atoms with van der Waals surface area (Å²) in [5.41, 5.74) is 0.667. The van der Waals surface area contributed by atoms with Gasteiger partial charge >= 0.3 is 0 Å². The number of nitrogens with one attached hydrogen (secondary N) is 1. The minimum Gasteiger partial charge on any atom is -0.474 e. The van der Waals surface area contributed by atoms with Gasteiger partial charge in [-0.3, -0.25) is 4.79 Å². The summed E-state index contributed by atoms with van der Waals surface area (Å²) in [5.74, 6) is 0.514. The number of allylic oxidation sites excluding steroid dienone is 2. The molecule has 0 unspecified atom stereocenters. The normalized spacial score (nSPS) is 12.4. The average molecular weight is 317 g/mol. The Kier molecular flexibility index (Phi) is 5.15. The summed E-state index contributed by atoms with van der Waals surface area (Å²) < 4.78 is 5.64. The number of aliphatic hydroxyl groups is 1. The number of nitrogens with zero attached hydrogens (tertiary/aromatic N) is 2. The van der Waals surface area contributed by atoms with Gasteiger partial charge in [0.1, 0.15) is 18.6 Å². The molecule has 0 fully saturated rings. The summed E-state index contributed by atoms with van der Waals surface area (Å²) in [6, 6.07) is 0. The molecule has 0 atom stereocenters. The van der Waals surface area contributed by atoms with E-state index in [0.29, 0.717) is 17.9 Å². The zero-order valence-corrected chi connectivity index (χ0v) is 14.0. The van der Waals surface area contributed by atoms with Crippen molar-refractivity contribution in [2.75, 3.05) is 6.61 Å². The van der Waals surface area contributed by atoms with Crippen molar-refractivity contribution in [3.05, 3.63) is 30.2 Å². The lowest BCUT2D eigenvalue weighted by Crippen LogP contribution is -2.28. The highest BCUT2D eigenvalue weighted by Gasteiger charge is 2.17. The van der Waals surface area contributed by atoms with Crippen LogP contribution in [-0.4, -0.2) is 38.0 Å². The molecule has 2 N–H and O–H groups in total. The lowest BCUT2D eigenvalue weighted by Gasteiger charge is -2.17. The molecule has 23 heavy (non-hydrogen) atoms. The second-order valence-corrected chi connectivity index (χ2v) is 6.48. The molecule has 124 valence electrons. The smallest absolute Gasteiger partial charge is 0.226 e. The van der Waals surface area contributed by atoms with Gasteiger partial charge in [0.25, 0.3) is 0 Å². The van der Waals surface area contributed by atoms with Gasteiger partial charge < -0.3 is 14.8 Å². The fourth-order valence-electron chi connectivity index (χ4n) is 2.01. The van der Waals surface area contributed by atoms with E-state index in [1.54, 1.807) is 19.9 Å². The Morgan fingerprint density at radius 3 is 2.83 bits per heavy atom. The van der Waals surface area contributed by atoms with Gasteiger partial charge in [-0.25, -0.2) is 9.97 Å². The van der Waals surface area contributed by atoms with Gasteiger partial charge in [-0.2, -0.15) is 0 Å². The third-order valence-electron chi connectivity index (χ3n) is 3.27. The zero-order chi connectivity index (χ0) is 17.0.